The second-order valence-electron chi connectivity index (χ2n) is 5.69. The van der Waals surface area contributed by atoms with E-state index in [0.29, 0.717) is 32.4 Å². The van der Waals surface area contributed by atoms with Crippen LogP contribution in [-0.4, -0.2) is 47.2 Å². The van der Waals surface area contributed by atoms with Crippen molar-refractivity contribution in [2.75, 3.05) is 18.1 Å². The van der Waals surface area contributed by atoms with Crippen molar-refractivity contribution < 1.29 is 13.2 Å². The first-order valence-corrected chi connectivity index (χ1v) is 8.85. The minimum atomic E-state index is -2.85. The van der Waals surface area contributed by atoms with Crippen molar-refractivity contribution in [1.82, 2.24) is 14.9 Å². The molecule has 0 aromatic carbocycles. The van der Waals surface area contributed by atoms with Crippen LogP contribution < -0.4 is 0 Å². The van der Waals surface area contributed by atoms with E-state index >= 15 is 0 Å². The molecule has 0 radical (unpaired) electrons. The van der Waals surface area contributed by atoms with Crippen LogP contribution in [0.3, 0.4) is 0 Å². The van der Waals surface area contributed by atoms with Crippen LogP contribution in [0.4, 0.5) is 0 Å². The van der Waals surface area contributed by atoms with Gasteiger partial charge in [-0.3, -0.25) is 4.79 Å². The van der Waals surface area contributed by atoms with Crippen molar-refractivity contribution >= 4 is 15.7 Å². The number of H-pyrrole nitrogens is 1. The molecule has 0 aliphatic carbocycles. The van der Waals surface area contributed by atoms with Crippen LogP contribution in [0.1, 0.15) is 30.7 Å². The maximum Gasteiger partial charge on any atom is 0.223 e. The van der Waals surface area contributed by atoms with Gasteiger partial charge < -0.3 is 9.88 Å². The number of carbonyl (C=O) groups is 1. The predicted octanol–water partition coefficient (Wildman–Crippen LogP) is 0.509. The number of fused-ring (bicyclic) bond motifs is 1. The number of carbonyl (C=O) groups excluding carboxylic acids is 1. The Morgan fingerprint density at radius 3 is 2.90 bits per heavy atom. The van der Waals surface area contributed by atoms with Crippen molar-refractivity contribution in [3.63, 3.8) is 0 Å². The second-order valence-corrected chi connectivity index (χ2v) is 8.00. The fourth-order valence-corrected chi connectivity index (χ4v) is 4.53. The van der Waals surface area contributed by atoms with E-state index in [-0.39, 0.29) is 23.3 Å². The summed E-state index contributed by atoms with van der Waals surface area (Å²) in [4.78, 5) is 21.4. The number of rotatable bonds is 2. The smallest absolute Gasteiger partial charge is 0.223 e. The predicted molar refractivity (Wildman–Crippen MR) is 73.7 cm³/mol. The third kappa shape index (κ3) is 2.87. The summed E-state index contributed by atoms with van der Waals surface area (Å²) < 4.78 is 22.8. The van der Waals surface area contributed by atoms with Crippen LogP contribution >= 0.6 is 0 Å². The van der Waals surface area contributed by atoms with Gasteiger partial charge in [-0.2, -0.15) is 0 Å². The molecule has 1 aromatic rings. The van der Waals surface area contributed by atoms with E-state index in [2.05, 4.69) is 9.97 Å². The summed E-state index contributed by atoms with van der Waals surface area (Å²) in [6.45, 7) is 1.31. The first kappa shape index (κ1) is 13.6. The molecule has 110 valence electrons. The highest BCUT2D eigenvalue weighted by atomic mass is 32.2. The van der Waals surface area contributed by atoms with E-state index in [0.717, 1.165) is 17.8 Å². The van der Waals surface area contributed by atoms with Gasteiger partial charge in [0, 0.05) is 19.4 Å². The molecule has 0 unspecified atom stereocenters. The van der Waals surface area contributed by atoms with E-state index in [1.807, 2.05) is 4.90 Å². The Morgan fingerprint density at radius 1 is 1.40 bits per heavy atom. The Balaban J connectivity index is 1.56. The number of hydrogen-bond acceptors (Lipinski definition) is 4. The van der Waals surface area contributed by atoms with Gasteiger partial charge in [-0.1, -0.05) is 0 Å². The highest BCUT2D eigenvalue weighted by Crippen LogP contribution is 2.24. The molecule has 20 heavy (non-hydrogen) atoms. The monoisotopic (exact) mass is 297 g/mol. The Bertz CT molecular complexity index is 594. The van der Waals surface area contributed by atoms with Crippen molar-refractivity contribution in [1.29, 1.82) is 0 Å². The molecular formula is C13H19N3O3S. The molecule has 6 nitrogen and oxygen atoms in total. The summed E-state index contributed by atoms with van der Waals surface area (Å²) in [6.07, 6.45) is 4.18. The number of aromatic amines is 1. The van der Waals surface area contributed by atoms with Gasteiger partial charge in [0.05, 0.1) is 35.8 Å². The zero-order chi connectivity index (χ0) is 14.2. The Kier molecular flexibility index (Phi) is 3.54. The van der Waals surface area contributed by atoms with Crippen molar-refractivity contribution in [2.45, 2.75) is 32.2 Å². The number of imidazole rings is 1. The van der Waals surface area contributed by atoms with Crippen LogP contribution in [0.2, 0.25) is 0 Å². The normalized spacial score (nSPS) is 22.5. The number of nitrogens with zero attached hydrogens (tertiary/aromatic N) is 2. The fourth-order valence-electron chi connectivity index (χ4n) is 2.94. The average Bonchev–Trinajstić information content (AvgIpc) is 2.88. The highest BCUT2D eigenvalue weighted by Gasteiger charge is 2.28. The van der Waals surface area contributed by atoms with Gasteiger partial charge >= 0.3 is 0 Å². The first-order chi connectivity index (χ1) is 9.53. The SMILES string of the molecule is O=C(CC1CCS(=O)(=O)CC1)N1CCc2nc[nH]c2C1. The van der Waals surface area contributed by atoms with Crippen LogP contribution in [0.25, 0.3) is 0 Å². The molecule has 1 saturated heterocycles. The highest BCUT2D eigenvalue weighted by molar-refractivity contribution is 7.91. The number of sulfone groups is 1. The minimum Gasteiger partial charge on any atom is -0.347 e. The molecule has 3 heterocycles. The molecule has 1 N–H and O–H groups in total. The molecule has 2 aliphatic rings. The molecule has 0 atom stereocenters. The largest absolute Gasteiger partial charge is 0.347 e. The molecule has 0 saturated carbocycles. The summed E-state index contributed by atoms with van der Waals surface area (Å²) in [5, 5.41) is 0. The Hall–Kier alpha value is -1.37. The maximum absolute atomic E-state index is 12.3. The van der Waals surface area contributed by atoms with E-state index in [9.17, 15) is 13.2 Å². The van der Waals surface area contributed by atoms with E-state index in [4.69, 9.17) is 0 Å². The maximum atomic E-state index is 12.3. The molecule has 1 aromatic heterocycles. The number of nitrogens with one attached hydrogen (secondary N) is 1. The van der Waals surface area contributed by atoms with Crippen molar-refractivity contribution in [3.8, 4) is 0 Å². The summed E-state index contributed by atoms with van der Waals surface area (Å²) in [5.74, 6) is 0.814. The average molecular weight is 297 g/mol. The van der Waals surface area contributed by atoms with E-state index in [1.54, 1.807) is 6.33 Å². The molecular weight excluding hydrogens is 278 g/mol. The molecule has 0 bridgehead atoms. The van der Waals surface area contributed by atoms with Gasteiger partial charge in [0.1, 0.15) is 9.84 Å². The zero-order valence-electron chi connectivity index (χ0n) is 11.3. The topological polar surface area (TPSA) is 83.1 Å². The quantitative estimate of drug-likeness (QED) is 0.862. The van der Waals surface area contributed by atoms with Gasteiger partial charge in [-0.25, -0.2) is 13.4 Å². The van der Waals surface area contributed by atoms with Gasteiger partial charge in [-0.15, -0.1) is 0 Å². The number of aromatic nitrogens is 2. The van der Waals surface area contributed by atoms with Crippen LogP contribution in [0, 0.1) is 5.92 Å². The third-order valence-corrected chi connectivity index (χ3v) is 5.98. The second kappa shape index (κ2) is 5.20. The molecule has 7 heteroatoms. The first-order valence-electron chi connectivity index (χ1n) is 7.03. The van der Waals surface area contributed by atoms with Crippen molar-refractivity contribution in [3.05, 3.63) is 17.7 Å². The fraction of sp³-hybridized carbons (Fsp3) is 0.692. The van der Waals surface area contributed by atoms with E-state index in [1.165, 1.54) is 0 Å². The lowest BCUT2D eigenvalue weighted by molar-refractivity contribution is -0.133. The van der Waals surface area contributed by atoms with Crippen LogP contribution in [0.5, 0.6) is 0 Å². The molecule has 2 aliphatic heterocycles. The summed E-state index contributed by atoms with van der Waals surface area (Å²) in [5.41, 5.74) is 2.08. The summed E-state index contributed by atoms with van der Waals surface area (Å²) in [7, 11) is -2.85. The Labute approximate surface area is 118 Å². The van der Waals surface area contributed by atoms with Crippen LogP contribution in [0.15, 0.2) is 6.33 Å². The lowest BCUT2D eigenvalue weighted by Gasteiger charge is -2.29. The van der Waals surface area contributed by atoms with Gasteiger partial charge in [0.2, 0.25) is 5.91 Å². The molecule has 0 spiro atoms. The third-order valence-electron chi connectivity index (χ3n) is 4.27. The Morgan fingerprint density at radius 2 is 2.15 bits per heavy atom. The van der Waals surface area contributed by atoms with Gasteiger partial charge in [0.25, 0.3) is 0 Å². The van der Waals surface area contributed by atoms with Gasteiger partial charge in [0.15, 0.2) is 0 Å². The molecule has 1 amide bonds. The van der Waals surface area contributed by atoms with Crippen molar-refractivity contribution in [2.24, 2.45) is 5.92 Å². The lowest BCUT2D eigenvalue weighted by atomic mass is 9.97. The molecule has 3 rings (SSSR count). The number of amides is 1. The van der Waals surface area contributed by atoms with E-state index < -0.39 is 9.84 Å². The standard InChI is InChI=1S/C13H19N3O3S/c17-13(7-10-2-5-20(18,19)6-3-10)16-4-1-11-12(8-16)15-9-14-11/h9-10H,1-8H2,(H,14,15). The summed E-state index contributed by atoms with van der Waals surface area (Å²) >= 11 is 0. The summed E-state index contributed by atoms with van der Waals surface area (Å²) in [6, 6.07) is 0. The zero-order valence-corrected chi connectivity index (χ0v) is 12.2. The minimum absolute atomic E-state index is 0.134. The lowest BCUT2D eigenvalue weighted by Crippen LogP contribution is -2.37. The number of hydrogen-bond donors (Lipinski definition) is 1. The van der Waals surface area contributed by atoms with Gasteiger partial charge in [-0.05, 0) is 18.8 Å². The molecule has 1 fully saturated rings. The van der Waals surface area contributed by atoms with Crippen LogP contribution in [-0.2, 0) is 27.6 Å².